The SMILES string of the molecule is Cc1ccc(CO)cc1S(=O)(=O)NC1CCCC1C. The summed E-state index contributed by atoms with van der Waals surface area (Å²) in [6.45, 7) is 3.70. The summed E-state index contributed by atoms with van der Waals surface area (Å²) in [5, 5.41) is 9.13. The Labute approximate surface area is 114 Å². The predicted octanol–water partition coefficient (Wildman–Crippen LogP) is 1.95. The summed E-state index contributed by atoms with van der Waals surface area (Å²) in [6, 6.07) is 5.06. The molecule has 0 radical (unpaired) electrons. The molecule has 2 rings (SSSR count). The van der Waals surface area contributed by atoms with Crippen LogP contribution in [0.3, 0.4) is 0 Å². The van der Waals surface area contributed by atoms with Crippen molar-refractivity contribution >= 4 is 10.0 Å². The van der Waals surface area contributed by atoms with Gasteiger partial charge in [0.1, 0.15) is 0 Å². The van der Waals surface area contributed by atoms with Crippen molar-refractivity contribution in [3.05, 3.63) is 29.3 Å². The van der Waals surface area contributed by atoms with Crippen LogP contribution >= 0.6 is 0 Å². The van der Waals surface area contributed by atoms with E-state index >= 15 is 0 Å². The smallest absolute Gasteiger partial charge is 0.241 e. The Morgan fingerprint density at radius 1 is 1.37 bits per heavy atom. The van der Waals surface area contributed by atoms with Crippen molar-refractivity contribution < 1.29 is 13.5 Å². The minimum absolute atomic E-state index is 0.0298. The first-order valence-corrected chi connectivity index (χ1v) is 8.15. The van der Waals surface area contributed by atoms with Gasteiger partial charge in [0.05, 0.1) is 11.5 Å². The number of benzene rings is 1. The van der Waals surface area contributed by atoms with E-state index in [1.807, 2.05) is 0 Å². The van der Waals surface area contributed by atoms with Crippen LogP contribution in [0.5, 0.6) is 0 Å². The van der Waals surface area contributed by atoms with E-state index in [9.17, 15) is 8.42 Å². The Bertz CT molecular complexity index is 554. The highest BCUT2D eigenvalue weighted by Gasteiger charge is 2.29. The predicted molar refractivity (Wildman–Crippen MR) is 74.2 cm³/mol. The van der Waals surface area contributed by atoms with Gasteiger partial charge in [-0.25, -0.2) is 13.1 Å². The minimum atomic E-state index is -3.50. The second-order valence-corrected chi connectivity index (χ2v) is 7.08. The summed E-state index contributed by atoms with van der Waals surface area (Å²) in [7, 11) is -3.50. The fourth-order valence-corrected chi connectivity index (χ4v) is 4.29. The minimum Gasteiger partial charge on any atom is -0.392 e. The Hall–Kier alpha value is -0.910. The van der Waals surface area contributed by atoms with E-state index in [2.05, 4.69) is 11.6 Å². The van der Waals surface area contributed by atoms with E-state index in [0.717, 1.165) is 19.3 Å². The van der Waals surface area contributed by atoms with Crippen LogP contribution < -0.4 is 4.72 Å². The van der Waals surface area contributed by atoms with Gasteiger partial charge in [0, 0.05) is 6.04 Å². The molecule has 1 aromatic rings. The van der Waals surface area contributed by atoms with Crippen molar-refractivity contribution in [2.45, 2.75) is 50.7 Å². The summed E-state index contributed by atoms with van der Waals surface area (Å²) in [5.41, 5.74) is 1.32. The highest BCUT2D eigenvalue weighted by atomic mass is 32.2. The number of rotatable bonds is 4. The number of aryl methyl sites for hydroxylation is 1. The average molecular weight is 283 g/mol. The molecule has 106 valence electrons. The summed E-state index contributed by atoms with van der Waals surface area (Å²) >= 11 is 0. The van der Waals surface area contributed by atoms with Crippen LogP contribution in [0.1, 0.15) is 37.3 Å². The lowest BCUT2D eigenvalue weighted by atomic mass is 10.1. The molecule has 2 unspecified atom stereocenters. The number of sulfonamides is 1. The normalized spacial score (nSPS) is 23.7. The Morgan fingerprint density at radius 3 is 2.68 bits per heavy atom. The van der Waals surface area contributed by atoms with Gasteiger partial charge in [-0.1, -0.05) is 25.5 Å². The standard InChI is InChI=1S/C14H21NO3S/c1-10-4-3-5-13(10)15-19(17,18)14-8-12(9-16)7-6-11(14)2/h6-8,10,13,15-16H,3-5,9H2,1-2H3. The van der Waals surface area contributed by atoms with Crippen LogP contribution in [0.4, 0.5) is 0 Å². The zero-order valence-electron chi connectivity index (χ0n) is 11.4. The van der Waals surface area contributed by atoms with Crippen LogP contribution in [-0.4, -0.2) is 19.6 Å². The van der Waals surface area contributed by atoms with Crippen molar-refractivity contribution in [3.63, 3.8) is 0 Å². The molecule has 19 heavy (non-hydrogen) atoms. The molecule has 2 atom stereocenters. The van der Waals surface area contributed by atoms with Crippen molar-refractivity contribution in [2.24, 2.45) is 5.92 Å². The zero-order chi connectivity index (χ0) is 14.0. The molecular formula is C14H21NO3S. The monoisotopic (exact) mass is 283 g/mol. The Morgan fingerprint density at radius 2 is 2.11 bits per heavy atom. The zero-order valence-corrected chi connectivity index (χ0v) is 12.2. The summed E-state index contributed by atoms with van der Waals surface area (Å²) in [6.07, 6.45) is 3.05. The van der Waals surface area contributed by atoms with Gasteiger partial charge in [0.25, 0.3) is 0 Å². The summed E-state index contributed by atoms with van der Waals surface area (Å²) in [5.74, 6) is 0.385. The first-order chi connectivity index (χ1) is 8.94. The van der Waals surface area contributed by atoms with E-state index in [4.69, 9.17) is 5.11 Å². The van der Waals surface area contributed by atoms with E-state index in [1.165, 1.54) is 0 Å². The first-order valence-electron chi connectivity index (χ1n) is 6.67. The molecular weight excluding hydrogens is 262 g/mol. The van der Waals surface area contributed by atoms with Gasteiger partial charge in [-0.15, -0.1) is 0 Å². The Kier molecular flexibility index (Phi) is 4.28. The fraction of sp³-hybridized carbons (Fsp3) is 0.571. The van der Waals surface area contributed by atoms with Gasteiger partial charge < -0.3 is 5.11 Å². The molecule has 1 fully saturated rings. The molecule has 0 amide bonds. The van der Waals surface area contributed by atoms with Crippen molar-refractivity contribution in [1.29, 1.82) is 0 Å². The third kappa shape index (κ3) is 3.16. The van der Waals surface area contributed by atoms with Crippen LogP contribution in [0.15, 0.2) is 23.1 Å². The lowest BCUT2D eigenvalue weighted by Crippen LogP contribution is -2.36. The molecule has 0 bridgehead atoms. The molecule has 0 saturated heterocycles. The fourth-order valence-electron chi connectivity index (χ4n) is 2.62. The van der Waals surface area contributed by atoms with E-state index in [-0.39, 0.29) is 17.5 Å². The molecule has 1 aliphatic rings. The number of hydrogen-bond donors (Lipinski definition) is 2. The van der Waals surface area contributed by atoms with Crippen molar-refractivity contribution in [2.75, 3.05) is 0 Å². The first kappa shape index (κ1) is 14.5. The van der Waals surface area contributed by atoms with Gasteiger partial charge in [0.15, 0.2) is 0 Å². The molecule has 0 aliphatic heterocycles. The molecule has 1 saturated carbocycles. The third-order valence-electron chi connectivity index (χ3n) is 3.89. The second-order valence-electron chi connectivity index (χ2n) is 5.39. The van der Waals surface area contributed by atoms with Gasteiger partial charge in [0.2, 0.25) is 10.0 Å². The molecule has 5 heteroatoms. The topological polar surface area (TPSA) is 66.4 Å². The largest absolute Gasteiger partial charge is 0.392 e. The maximum Gasteiger partial charge on any atom is 0.241 e. The Balaban J connectivity index is 2.28. The number of hydrogen-bond acceptors (Lipinski definition) is 3. The highest BCUT2D eigenvalue weighted by Crippen LogP contribution is 2.27. The molecule has 1 aromatic carbocycles. The van der Waals surface area contributed by atoms with Gasteiger partial charge in [-0.05, 0) is 42.9 Å². The van der Waals surface area contributed by atoms with Crippen LogP contribution in [-0.2, 0) is 16.6 Å². The maximum absolute atomic E-state index is 12.4. The van der Waals surface area contributed by atoms with Crippen LogP contribution in [0, 0.1) is 12.8 Å². The van der Waals surface area contributed by atoms with Crippen molar-refractivity contribution in [3.8, 4) is 0 Å². The molecule has 2 N–H and O–H groups in total. The van der Waals surface area contributed by atoms with Gasteiger partial charge in [-0.2, -0.15) is 0 Å². The highest BCUT2D eigenvalue weighted by molar-refractivity contribution is 7.89. The van der Waals surface area contributed by atoms with Crippen LogP contribution in [0.25, 0.3) is 0 Å². The summed E-state index contributed by atoms with van der Waals surface area (Å²) in [4.78, 5) is 0.276. The maximum atomic E-state index is 12.4. The van der Waals surface area contributed by atoms with Crippen molar-refractivity contribution in [1.82, 2.24) is 4.72 Å². The molecule has 4 nitrogen and oxygen atoms in total. The van der Waals surface area contributed by atoms with Gasteiger partial charge >= 0.3 is 0 Å². The second kappa shape index (κ2) is 5.61. The molecule has 0 heterocycles. The lowest BCUT2D eigenvalue weighted by molar-refractivity contribution is 0.281. The number of aliphatic hydroxyl groups is 1. The van der Waals surface area contributed by atoms with Crippen LogP contribution in [0.2, 0.25) is 0 Å². The quantitative estimate of drug-likeness (QED) is 0.887. The van der Waals surface area contributed by atoms with E-state index in [1.54, 1.807) is 25.1 Å². The lowest BCUT2D eigenvalue weighted by Gasteiger charge is -2.18. The number of nitrogens with one attached hydrogen (secondary N) is 1. The van der Waals surface area contributed by atoms with E-state index in [0.29, 0.717) is 17.0 Å². The number of aliphatic hydroxyl groups excluding tert-OH is 1. The molecule has 1 aliphatic carbocycles. The van der Waals surface area contributed by atoms with E-state index < -0.39 is 10.0 Å². The van der Waals surface area contributed by atoms with Gasteiger partial charge in [-0.3, -0.25) is 0 Å². The molecule has 0 spiro atoms. The molecule has 0 aromatic heterocycles. The average Bonchev–Trinajstić information content (AvgIpc) is 2.75. The third-order valence-corrected chi connectivity index (χ3v) is 5.52. The summed E-state index contributed by atoms with van der Waals surface area (Å²) < 4.78 is 27.7.